The van der Waals surface area contributed by atoms with Crippen LogP contribution in [-0.2, 0) is 16.2 Å². The molecule has 4 aromatic rings. The fourth-order valence-corrected chi connectivity index (χ4v) is 3.82. The highest BCUT2D eigenvalue weighted by Gasteiger charge is 2.30. The van der Waals surface area contributed by atoms with E-state index in [1.165, 1.54) is 41.1 Å². The van der Waals surface area contributed by atoms with Gasteiger partial charge >= 0.3 is 6.18 Å². The number of alkyl halides is 3. The molecule has 3 aromatic carbocycles. The Hall–Kier alpha value is -3.14. The number of rotatable bonds is 4. The van der Waals surface area contributed by atoms with Crippen molar-refractivity contribution in [2.45, 2.75) is 11.1 Å². The Balaban J connectivity index is 1.87. The van der Waals surface area contributed by atoms with Crippen LogP contribution in [0.5, 0.6) is 0 Å². The van der Waals surface area contributed by atoms with Gasteiger partial charge in [-0.2, -0.15) is 18.3 Å². The van der Waals surface area contributed by atoms with Gasteiger partial charge in [-0.1, -0.05) is 35.9 Å². The van der Waals surface area contributed by atoms with Gasteiger partial charge in [0.25, 0.3) is 0 Å². The normalized spacial score (nSPS) is 12.2. The number of primary sulfonamides is 1. The topological polar surface area (TPSA) is 78.0 Å². The molecule has 0 bridgehead atoms. The first-order valence-corrected chi connectivity index (χ1v) is 11.1. The summed E-state index contributed by atoms with van der Waals surface area (Å²) in [4.78, 5) is -0.0699. The second-order valence-corrected chi connectivity index (χ2v) is 8.95. The Morgan fingerprint density at radius 3 is 2.12 bits per heavy atom. The van der Waals surface area contributed by atoms with Crippen LogP contribution in [0.1, 0.15) is 5.56 Å². The van der Waals surface area contributed by atoms with Gasteiger partial charge < -0.3 is 0 Å². The molecular formula is C22H15ClF3N3O2S. The molecule has 1 heterocycles. The molecule has 10 heteroatoms. The summed E-state index contributed by atoms with van der Waals surface area (Å²) in [6.45, 7) is 0. The SMILES string of the molecule is NS(=O)(=O)c1ccc(-n2nc(-c3cccc(C(F)(F)F)c3)cc2-c2ccc(Cl)cc2)cc1. The smallest absolute Gasteiger partial charge is 0.232 e. The van der Waals surface area contributed by atoms with Crippen molar-refractivity contribution in [1.82, 2.24) is 9.78 Å². The predicted molar refractivity (Wildman–Crippen MR) is 116 cm³/mol. The van der Waals surface area contributed by atoms with Gasteiger partial charge in [-0.05, 0) is 54.6 Å². The standard InChI is InChI=1S/C22H15ClF3N3O2S/c23-17-6-4-14(5-7-17)21-13-20(15-2-1-3-16(12-15)22(24,25)26)28-29(21)18-8-10-19(11-9-18)32(27,30)31/h1-13H,(H2,27,30,31). The molecule has 0 aliphatic carbocycles. The van der Waals surface area contributed by atoms with E-state index in [0.29, 0.717) is 22.1 Å². The van der Waals surface area contributed by atoms with Crippen molar-refractivity contribution < 1.29 is 21.6 Å². The molecular weight excluding hydrogens is 463 g/mol. The molecule has 4 rings (SSSR count). The maximum absolute atomic E-state index is 13.2. The van der Waals surface area contributed by atoms with E-state index in [-0.39, 0.29) is 10.5 Å². The van der Waals surface area contributed by atoms with Crippen LogP contribution >= 0.6 is 11.6 Å². The summed E-state index contributed by atoms with van der Waals surface area (Å²) in [5, 5.41) is 10.2. The summed E-state index contributed by atoms with van der Waals surface area (Å²) < 4.78 is 64.1. The van der Waals surface area contributed by atoms with Crippen molar-refractivity contribution in [2.24, 2.45) is 5.14 Å². The number of nitrogens with zero attached hydrogens (tertiary/aromatic N) is 2. The van der Waals surface area contributed by atoms with Crippen LogP contribution in [-0.4, -0.2) is 18.2 Å². The van der Waals surface area contributed by atoms with E-state index in [4.69, 9.17) is 16.7 Å². The fraction of sp³-hybridized carbons (Fsp3) is 0.0455. The third kappa shape index (κ3) is 4.55. The molecule has 0 unspecified atom stereocenters. The van der Waals surface area contributed by atoms with Crippen LogP contribution in [0.15, 0.2) is 83.8 Å². The summed E-state index contributed by atoms with van der Waals surface area (Å²) in [5.74, 6) is 0. The lowest BCUT2D eigenvalue weighted by atomic mass is 10.1. The van der Waals surface area contributed by atoms with Gasteiger partial charge in [0.1, 0.15) is 0 Å². The Morgan fingerprint density at radius 1 is 0.875 bits per heavy atom. The summed E-state index contributed by atoms with van der Waals surface area (Å²) in [6, 6.07) is 19.1. The molecule has 32 heavy (non-hydrogen) atoms. The van der Waals surface area contributed by atoms with E-state index in [9.17, 15) is 21.6 Å². The Kier molecular flexibility index (Phi) is 5.58. The molecule has 2 N–H and O–H groups in total. The summed E-state index contributed by atoms with van der Waals surface area (Å²) in [7, 11) is -3.88. The molecule has 0 aliphatic heterocycles. The highest BCUT2D eigenvalue weighted by molar-refractivity contribution is 7.89. The van der Waals surface area contributed by atoms with Crippen LogP contribution < -0.4 is 5.14 Å². The van der Waals surface area contributed by atoms with E-state index < -0.39 is 21.8 Å². The molecule has 0 atom stereocenters. The van der Waals surface area contributed by atoms with Crippen molar-refractivity contribution in [1.29, 1.82) is 0 Å². The quantitative estimate of drug-likeness (QED) is 0.420. The van der Waals surface area contributed by atoms with Crippen molar-refractivity contribution in [3.05, 3.63) is 89.4 Å². The number of halogens is 4. The average Bonchev–Trinajstić information content (AvgIpc) is 3.19. The van der Waals surface area contributed by atoms with Crippen molar-refractivity contribution in [2.75, 3.05) is 0 Å². The first-order chi connectivity index (χ1) is 15.0. The number of aromatic nitrogens is 2. The first kappa shape index (κ1) is 22.1. The second kappa shape index (κ2) is 8.09. The minimum atomic E-state index is -4.48. The van der Waals surface area contributed by atoms with Crippen LogP contribution in [0.25, 0.3) is 28.2 Å². The lowest BCUT2D eigenvalue weighted by Crippen LogP contribution is -2.12. The number of sulfonamides is 1. The monoisotopic (exact) mass is 477 g/mol. The minimum absolute atomic E-state index is 0.0699. The van der Waals surface area contributed by atoms with E-state index in [2.05, 4.69) is 5.10 Å². The Bertz CT molecular complexity index is 1380. The predicted octanol–water partition coefficient (Wildman–Crippen LogP) is 5.53. The zero-order valence-electron chi connectivity index (χ0n) is 16.2. The lowest BCUT2D eigenvalue weighted by molar-refractivity contribution is -0.137. The van der Waals surface area contributed by atoms with Crippen LogP contribution in [0.3, 0.4) is 0 Å². The van der Waals surface area contributed by atoms with Crippen LogP contribution in [0.2, 0.25) is 5.02 Å². The molecule has 0 spiro atoms. The molecule has 164 valence electrons. The van der Waals surface area contributed by atoms with E-state index in [0.717, 1.165) is 17.7 Å². The zero-order chi connectivity index (χ0) is 23.1. The van der Waals surface area contributed by atoms with Gasteiger partial charge in [-0.25, -0.2) is 18.2 Å². The van der Waals surface area contributed by atoms with Crippen molar-refractivity contribution in [3.8, 4) is 28.2 Å². The first-order valence-electron chi connectivity index (χ1n) is 9.19. The summed E-state index contributed by atoms with van der Waals surface area (Å²) in [6.07, 6.45) is -4.48. The van der Waals surface area contributed by atoms with Gasteiger partial charge in [0.15, 0.2) is 0 Å². The molecule has 0 saturated heterocycles. The summed E-state index contributed by atoms with van der Waals surface area (Å²) in [5.41, 5.74) is 1.62. The van der Waals surface area contributed by atoms with E-state index in [1.54, 1.807) is 30.3 Å². The molecule has 1 aromatic heterocycles. The molecule has 0 fully saturated rings. The van der Waals surface area contributed by atoms with Crippen LogP contribution in [0.4, 0.5) is 13.2 Å². The molecule has 5 nitrogen and oxygen atoms in total. The molecule has 0 saturated carbocycles. The Labute approximate surface area is 186 Å². The largest absolute Gasteiger partial charge is 0.416 e. The Morgan fingerprint density at radius 2 is 1.53 bits per heavy atom. The highest BCUT2D eigenvalue weighted by atomic mass is 35.5. The number of hydrogen-bond acceptors (Lipinski definition) is 3. The van der Waals surface area contributed by atoms with Gasteiger partial charge in [-0.15, -0.1) is 0 Å². The zero-order valence-corrected chi connectivity index (χ0v) is 17.8. The van der Waals surface area contributed by atoms with Gasteiger partial charge in [0, 0.05) is 16.1 Å². The average molecular weight is 478 g/mol. The van der Waals surface area contributed by atoms with Gasteiger partial charge in [0.05, 0.1) is 27.5 Å². The number of nitrogens with two attached hydrogens (primary N) is 1. The number of benzene rings is 3. The third-order valence-electron chi connectivity index (χ3n) is 4.74. The molecule has 0 radical (unpaired) electrons. The third-order valence-corrected chi connectivity index (χ3v) is 5.93. The lowest BCUT2D eigenvalue weighted by Gasteiger charge is -2.09. The highest BCUT2D eigenvalue weighted by Crippen LogP contribution is 2.34. The van der Waals surface area contributed by atoms with E-state index >= 15 is 0 Å². The summed E-state index contributed by atoms with van der Waals surface area (Å²) >= 11 is 5.98. The van der Waals surface area contributed by atoms with E-state index in [1.807, 2.05) is 0 Å². The number of hydrogen-bond donors (Lipinski definition) is 1. The molecule has 0 amide bonds. The fourth-order valence-electron chi connectivity index (χ4n) is 3.18. The maximum Gasteiger partial charge on any atom is 0.416 e. The maximum atomic E-state index is 13.2. The minimum Gasteiger partial charge on any atom is -0.232 e. The van der Waals surface area contributed by atoms with Gasteiger partial charge in [0.2, 0.25) is 10.0 Å². The molecule has 0 aliphatic rings. The van der Waals surface area contributed by atoms with Crippen LogP contribution in [0, 0.1) is 0 Å². The van der Waals surface area contributed by atoms with Crippen molar-refractivity contribution in [3.63, 3.8) is 0 Å². The van der Waals surface area contributed by atoms with Crippen molar-refractivity contribution >= 4 is 21.6 Å². The second-order valence-electron chi connectivity index (χ2n) is 6.95. The van der Waals surface area contributed by atoms with Gasteiger partial charge in [-0.3, -0.25) is 0 Å².